The number of aromatic nitrogens is 1. The molecule has 1 nitrogen and oxygen atoms in total. The summed E-state index contributed by atoms with van der Waals surface area (Å²) in [5.41, 5.74) is 11.1. The van der Waals surface area contributed by atoms with Gasteiger partial charge in [-0.2, -0.15) is 0 Å². The summed E-state index contributed by atoms with van der Waals surface area (Å²) in [5, 5.41) is 0. The van der Waals surface area contributed by atoms with Crippen LogP contribution in [0.5, 0.6) is 0 Å². The first-order chi connectivity index (χ1) is 18.1. The number of hydrogen-bond acceptors (Lipinski definition) is 1. The second-order valence-electron chi connectivity index (χ2n) is 11.6. The second kappa shape index (κ2) is 13.4. The van der Waals surface area contributed by atoms with E-state index in [0.29, 0.717) is 0 Å². The van der Waals surface area contributed by atoms with E-state index in [9.17, 15) is 0 Å². The number of benzene rings is 2. The number of nitrogens with zero attached hydrogens (tertiary/aromatic N) is 1. The Hall–Kier alpha value is -2.41. The van der Waals surface area contributed by atoms with Gasteiger partial charge in [-0.15, -0.1) is 0 Å². The van der Waals surface area contributed by atoms with Crippen LogP contribution in [0.15, 0.2) is 54.6 Å². The average Bonchev–Trinajstić information content (AvgIpc) is 3.16. The fourth-order valence-corrected chi connectivity index (χ4v) is 6.55. The Morgan fingerprint density at radius 2 is 1.16 bits per heavy atom. The van der Waals surface area contributed by atoms with E-state index in [1.54, 1.807) is 11.1 Å². The van der Waals surface area contributed by atoms with Crippen LogP contribution < -0.4 is 0 Å². The van der Waals surface area contributed by atoms with E-state index in [-0.39, 0.29) is 5.41 Å². The lowest BCUT2D eigenvalue weighted by Crippen LogP contribution is -2.25. The fraction of sp³-hybridized carbons (Fsp3) is 0.528. The van der Waals surface area contributed by atoms with E-state index in [1.807, 2.05) is 0 Å². The van der Waals surface area contributed by atoms with Crippen molar-refractivity contribution in [1.29, 1.82) is 0 Å². The Morgan fingerprint density at radius 1 is 0.595 bits per heavy atom. The molecular weight excluding hydrogens is 446 g/mol. The predicted molar refractivity (Wildman–Crippen MR) is 161 cm³/mol. The normalized spacial score (nSPS) is 13.5. The lowest BCUT2D eigenvalue weighted by molar-refractivity contribution is 0.398. The van der Waals surface area contributed by atoms with E-state index in [4.69, 9.17) is 4.98 Å². The first-order valence-electron chi connectivity index (χ1n) is 15.3. The molecule has 0 N–H and O–H groups in total. The lowest BCUT2D eigenvalue weighted by Gasteiger charge is -2.33. The van der Waals surface area contributed by atoms with Crippen molar-refractivity contribution in [2.75, 3.05) is 0 Å². The molecule has 2 aromatic carbocycles. The molecule has 0 saturated heterocycles. The SMILES string of the molecule is CCCCCCCCC1(CCCCCCCC)c2cc(C)ccc2-c2ccc(-c3cccc(C)n3)cc21. The van der Waals surface area contributed by atoms with E-state index in [1.165, 1.54) is 112 Å². The van der Waals surface area contributed by atoms with Crippen molar-refractivity contribution in [3.63, 3.8) is 0 Å². The van der Waals surface area contributed by atoms with Crippen molar-refractivity contribution in [2.24, 2.45) is 0 Å². The van der Waals surface area contributed by atoms with E-state index < -0.39 is 0 Å². The van der Waals surface area contributed by atoms with E-state index in [0.717, 1.165) is 11.4 Å². The van der Waals surface area contributed by atoms with Gasteiger partial charge in [0.15, 0.2) is 0 Å². The molecular formula is C36H49N. The highest BCUT2D eigenvalue weighted by atomic mass is 14.7. The molecule has 0 saturated carbocycles. The maximum atomic E-state index is 4.89. The first kappa shape index (κ1) is 27.6. The minimum Gasteiger partial charge on any atom is -0.253 e. The molecule has 0 spiro atoms. The Labute approximate surface area is 227 Å². The molecule has 37 heavy (non-hydrogen) atoms. The molecule has 1 aliphatic rings. The van der Waals surface area contributed by atoms with Gasteiger partial charge < -0.3 is 0 Å². The predicted octanol–water partition coefficient (Wildman–Crippen LogP) is 11.1. The molecule has 0 amide bonds. The minimum absolute atomic E-state index is 0.131. The third-order valence-corrected chi connectivity index (χ3v) is 8.61. The largest absolute Gasteiger partial charge is 0.253 e. The summed E-state index contributed by atoms with van der Waals surface area (Å²) in [6, 6.07) is 20.9. The van der Waals surface area contributed by atoms with Gasteiger partial charge in [-0.1, -0.05) is 133 Å². The van der Waals surface area contributed by atoms with Gasteiger partial charge in [0.25, 0.3) is 0 Å². The van der Waals surface area contributed by atoms with Crippen LogP contribution in [-0.2, 0) is 5.41 Å². The molecule has 1 aliphatic carbocycles. The zero-order valence-corrected chi connectivity index (χ0v) is 24.0. The van der Waals surface area contributed by atoms with E-state index >= 15 is 0 Å². The van der Waals surface area contributed by atoms with Crippen molar-refractivity contribution in [1.82, 2.24) is 4.98 Å². The molecule has 3 aromatic rings. The van der Waals surface area contributed by atoms with Crippen molar-refractivity contribution in [3.05, 3.63) is 77.0 Å². The third-order valence-electron chi connectivity index (χ3n) is 8.61. The van der Waals surface area contributed by atoms with Gasteiger partial charge in [0, 0.05) is 16.7 Å². The van der Waals surface area contributed by atoms with Gasteiger partial charge >= 0.3 is 0 Å². The summed E-state index contributed by atoms with van der Waals surface area (Å²) >= 11 is 0. The Kier molecular flexibility index (Phi) is 10.0. The van der Waals surface area contributed by atoms with Crippen LogP contribution in [0.4, 0.5) is 0 Å². The highest BCUT2D eigenvalue weighted by molar-refractivity contribution is 5.83. The summed E-state index contributed by atoms with van der Waals surface area (Å²) in [4.78, 5) is 4.89. The quantitative estimate of drug-likeness (QED) is 0.191. The summed E-state index contributed by atoms with van der Waals surface area (Å²) in [7, 11) is 0. The van der Waals surface area contributed by atoms with Crippen LogP contribution in [0.3, 0.4) is 0 Å². The smallest absolute Gasteiger partial charge is 0.0705 e. The van der Waals surface area contributed by atoms with Crippen molar-refractivity contribution < 1.29 is 0 Å². The van der Waals surface area contributed by atoms with Crippen molar-refractivity contribution in [2.45, 2.75) is 123 Å². The summed E-state index contributed by atoms with van der Waals surface area (Å²) < 4.78 is 0. The van der Waals surface area contributed by atoms with Gasteiger partial charge in [-0.05, 0) is 67.1 Å². The molecule has 0 atom stereocenters. The zero-order chi connectivity index (χ0) is 26.1. The van der Waals surface area contributed by atoms with E-state index in [2.05, 4.69) is 82.3 Å². The molecule has 1 heterocycles. The number of aryl methyl sites for hydroxylation is 2. The molecule has 1 aromatic heterocycles. The monoisotopic (exact) mass is 495 g/mol. The molecule has 1 heteroatoms. The van der Waals surface area contributed by atoms with Crippen LogP contribution in [0, 0.1) is 13.8 Å². The van der Waals surface area contributed by atoms with Crippen molar-refractivity contribution in [3.8, 4) is 22.4 Å². The Morgan fingerprint density at radius 3 is 1.78 bits per heavy atom. The molecule has 198 valence electrons. The number of rotatable bonds is 15. The molecule has 0 aliphatic heterocycles. The van der Waals surface area contributed by atoms with Crippen LogP contribution >= 0.6 is 0 Å². The van der Waals surface area contributed by atoms with Crippen LogP contribution in [0.2, 0.25) is 0 Å². The summed E-state index contributed by atoms with van der Waals surface area (Å²) in [6.07, 6.45) is 18.8. The highest BCUT2D eigenvalue weighted by Crippen LogP contribution is 2.55. The van der Waals surface area contributed by atoms with Gasteiger partial charge in [0.1, 0.15) is 0 Å². The van der Waals surface area contributed by atoms with Crippen molar-refractivity contribution >= 4 is 0 Å². The number of fused-ring (bicyclic) bond motifs is 3. The Bertz CT molecular complexity index is 1130. The van der Waals surface area contributed by atoms with Crippen LogP contribution in [0.1, 0.15) is 126 Å². The summed E-state index contributed by atoms with van der Waals surface area (Å²) in [6.45, 7) is 8.98. The summed E-state index contributed by atoms with van der Waals surface area (Å²) in [5.74, 6) is 0. The molecule has 0 radical (unpaired) electrons. The number of pyridine rings is 1. The average molecular weight is 496 g/mol. The van der Waals surface area contributed by atoms with Gasteiger partial charge in [-0.25, -0.2) is 0 Å². The van der Waals surface area contributed by atoms with Gasteiger partial charge in [0.05, 0.1) is 5.69 Å². The molecule has 0 unspecified atom stereocenters. The lowest BCUT2D eigenvalue weighted by atomic mass is 9.70. The molecule has 0 fully saturated rings. The molecule has 0 bridgehead atoms. The van der Waals surface area contributed by atoms with Crippen LogP contribution in [-0.4, -0.2) is 4.98 Å². The third kappa shape index (κ3) is 6.54. The standard InChI is InChI=1S/C36H49N/c1-5-7-9-11-13-15-24-36(25-16-14-12-10-8-6-2)33-26-28(3)20-22-31(33)32-23-21-30(27-34(32)36)35-19-17-18-29(4)37-35/h17-23,26-27H,5-16,24-25H2,1-4H3. The van der Waals surface area contributed by atoms with Gasteiger partial charge in [0.2, 0.25) is 0 Å². The zero-order valence-electron chi connectivity index (χ0n) is 24.0. The molecule has 4 rings (SSSR count). The number of unbranched alkanes of at least 4 members (excludes halogenated alkanes) is 10. The maximum Gasteiger partial charge on any atom is 0.0705 e. The van der Waals surface area contributed by atoms with Gasteiger partial charge in [-0.3, -0.25) is 4.98 Å². The second-order valence-corrected chi connectivity index (χ2v) is 11.6. The maximum absolute atomic E-state index is 4.89. The minimum atomic E-state index is 0.131. The Balaban J connectivity index is 1.70. The number of hydrogen-bond donors (Lipinski definition) is 0. The highest BCUT2D eigenvalue weighted by Gasteiger charge is 2.42. The first-order valence-corrected chi connectivity index (χ1v) is 15.3. The fourth-order valence-electron chi connectivity index (χ4n) is 6.55. The van der Waals surface area contributed by atoms with Crippen LogP contribution in [0.25, 0.3) is 22.4 Å². The topological polar surface area (TPSA) is 12.9 Å².